The van der Waals surface area contributed by atoms with E-state index in [1.807, 2.05) is 26.8 Å². The van der Waals surface area contributed by atoms with E-state index < -0.39 is 5.60 Å². The highest BCUT2D eigenvalue weighted by Crippen LogP contribution is 2.34. The molecule has 108 heavy (non-hydrogen) atoms. The number of carbonyl (C=O) groups excluding carboxylic acids is 1. The molecular weight excluding hydrogens is 1330 g/mol. The number of aliphatic hydroxyl groups is 4. The molecule has 0 amide bonds. The van der Waals surface area contributed by atoms with Crippen LogP contribution >= 0.6 is 0 Å². The van der Waals surface area contributed by atoms with Gasteiger partial charge in [-0.1, -0.05) is 285 Å². The standard InChI is InChI=1S/2C10H20.C10H18.C7H17N.2C7H16O.C7H14O.C7H16.3C6H14O.C6H14.C6H12.C5H12O/c3*1-8(2)10-6-4-9(3)5-7-10;1-7(2)5-6-8(3)4;1-6(2)5-7(3,4)8;1-7(2)5-4-6-8-3;1-6(2)4-5-7(3)8;1-6(2)5-7(3)4;1-6(2)4-5-7-3;1-5(2)4-6(3)7;1-6(2)4-3-5-7;2*1-4-5-6(2)3;1-5(2)3-4-6/h2*8-10H,4-7H2,1-3H3;8,10H,3-7H2,1-2H3;7H,5-6H2,1-4H3;6,8H,5H2,1-4H3;7H,4-6H2,1-3H3;6H,4-5H2,1-3H3;6-7H,5H2,1-4H3;6H,4-5H2,1-3H3;5-7H,4H2,1-3H3;6-7H,3-5H2,1-2H3;6H,4-5H2,1-3H3;4,6H,1,5H2,2-3H3;5-6H,3-4H2,1-2H3/t;;;;;;;;;6-;;;;/m.........1..../s1. The first-order chi connectivity index (χ1) is 49.6. The summed E-state index contributed by atoms with van der Waals surface area (Å²) in [5.41, 5.74) is 0.991. The maximum Gasteiger partial charge on any atom is 0.129 e. The molecule has 0 aromatic heterocycles. The molecule has 8 nitrogen and oxygen atoms in total. The van der Waals surface area contributed by atoms with Crippen LogP contribution in [0.1, 0.15) is 430 Å². The minimum absolute atomic E-state index is 0.125. The SMILES string of the molecule is C=C1CCC(C(C)C)CC1.C=CCC(C)C.CC(=O)CCC(C)C.CC(C)CC(C)(C)O.CC(C)CC(C)C.CC(C)CCCO.CC(C)CCN(C)C.CC(C)CCO.CC(C)C[C@@H](C)O.CC1CCC(C(C)C)CC1.CC1CCC(C(C)C)CC1.CCCC(C)C.COCCC(C)C.COCCCC(C)C. The van der Waals surface area contributed by atoms with Crippen LogP contribution < -0.4 is 0 Å². The molecule has 0 unspecified atom stereocenters. The maximum atomic E-state index is 10.3. The summed E-state index contributed by atoms with van der Waals surface area (Å²) in [5, 5.41) is 34.5. The van der Waals surface area contributed by atoms with Gasteiger partial charge in [-0.15, -0.1) is 6.58 Å². The molecule has 0 bridgehead atoms. The normalized spacial score (nSPS) is 16.4. The molecule has 0 radical (unpaired) electrons. The van der Waals surface area contributed by atoms with Crippen molar-refractivity contribution in [2.24, 2.45) is 118 Å². The zero-order valence-electron chi connectivity index (χ0n) is 82.7. The molecule has 0 aliphatic heterocycles. The smallest absolute Gasteiger partial charge is 0.129 e. The van der Waals surface area contributed by atoms with Crippen LogP contribution in [-0.2, 0) is 14.3 Å². The molecule has 4 N–H and O–H groups in total. The molecule has 0 saturated heterocycles. The zero-order valence-corrected chi connectivity index (χ0v) is 82.7. The number of hydrogen-bond acceptors (Lipinski definition) is 8. The van der Waals surface area contributed by atoms with Crippen LogP contribution in [0.4, 0.5) is 0 Å². The van der Waals surface area contributed by atoms with E-state index in [4.69, 9.17) is 24.8 Å². The first kappa shape index (κ1) is 130. The molecule has 3 rings (SSSR count). The van der Waals surface area contributed by atoms with Crippen LogP contribution in [0, 0.1) is 118 Å². The summed E-state index contributed by atoms with van der Waals surface area (Å²) < 4.78 is 9.74. The summed E-state index contributed by atoms with van der Waals surface area (Å²) in [7, 11) is 7.72. The van der Waals surface area contributed by atoms with Gasteiger partial charge in [-0.25, -0.2) is 0 Å². The summed E-state index contributed by atoms with van der Waals surface area (Å²) in [6.45, 7) is 92.0. The fourth-order valence-electron chi connectivity index (χ4n) is 11.9. The third kappa shape index (κ3) is 153. The Morgan fingerprint density at radius 2 is 0.806 bits per heavy atom. The van der Waals surface area contributed by atoms with Gasteiger partial charge in [-0.2, -0.15) is 0 Å². The largest absolute Gasteiger partial charge is 0.396 e. The highest BCUT2D eigenvalue weighted by molar-refractivity contribution is 5.75. The van der Waals surface area contributed by atoms with Crippen molar-refractivity contribution in [2.45, 2.75) is 441 Å². The minimum Gasteiger partial charge on any atom is -0.396 e. The molecule has 0 spiro atoms. The van der Waals surface area contributed by atoms with Crippen LogP contribution in [0.15, 0.2) is 24.8 Å². The van der Waals surface area contributed by atoms with Gasteiger partial charge in [0.25, 0.3) is 0 Å². The zero-order chi connectivity index (χ0) is 87.1. The van der Waals surface area contributed by atoms with Crippen molar-refractivity contribution in [3.05, 3.63) is 24.8 Å². The van der Waals surface area contributed by atoms with Gasteiger partial charge in [0.1, 0.15) is 5.78 Å². The number of ketones is 1. The number of aliphatic hydroxyl groups excluding tert-OH is 3. The summed E-state index contributed by atoms with van der Waals surface area (Å²) in [6.07, 6.45) is 35.8. The van der Waals surface area contributed by atoms with Gasteiger partial charge >= 0.3 is 0 Å². The number of hydrogen-bond donors (Lipinski definition) is 4. The molecule has 0 heterocycles. The van der Waals surface area contributed by atoms with E-state index in [0.29, 0.717) is 42.7 Å². The Labute approximate surface area is 687 Å². The van der Waals surface area contributed by atoms with Crippen LogP contribution in [-0.4, -0.2) is 104 Å². The van der Waals surface area contributed by atoms with Crippen molar-refractivity contribution < 1.29 is 34.7 Å². The van der Waals surface area contributed by atoms with E-state index in [1.165, 1.54) is 134 Å². The highest BCUT2D eigenvalue weighted by Gasteiger charge is 2.22. The molecule has 3 aliphatic rings. The number of allylic oxidation sites excluding steroid dienone is 2. The highest BCUT2D eigenvalue weighted by atomic mass is 16.5. The number of carbonyl (C=O) groups is 1. The molecule has 1 atom stereocenters. The molecule has 3 saturated carbocycles. The van der Waals surface area contributed by atoms with E-state index in [-0.39, 0.29) is 6.10 Å². The number of rotatable bonds is 31. The molecule has 8 heteroatoms. The van der Waals surface area contributed by atoms with Gasteiger partial charge in [0.2, 0.25) is 0 Å². The van der Waals surface area contributed by atoms with E-state index in [9.17, 15) is 9.90 Å². The van der Waals surface area contributed by atoms with Crippen LogP contribution in [0.2, 0.25) is 0 Å². The van der Waals surface area contributed by atoms with Crippen LogP contribution in [0.3, 0.4) is 0 Å². The Morgan fingerprint density at radius 3 is 0.944 bits per heavy atom. The lowest BCUT2D eigenvalue weighted by Gasteiger charge is -2.28. The van der Waals surface area contributed by atoms with E-state index in [1.54, 1.807) is 21.1 Å². The topological polar surface area (TPSA) is 120 Å². The maximum absolute atomic E-state index is 10.3. The number of nitrogens with zero attached hydrogens (tertiary/aromatic N) is 1. The molecule has 664 valence electrons. The lowest BCUT2D eigenvalue weighted by molar-refractivity contribution is -0.117. The second kappa shape index (κ2) is 93.0. The lowest BCUT2D eigenvalue weighted by Crippen LogP contribution is -2.20. The van der Waals surface area contributed by atoms with Crippen molar-refractivity contribution in [3.8, 4) is 0 Å². The van der Waals surface area contributed by atoms with Gasteiger partial charge in [0.15, 0.2) is 0 Å². The fourth-order valence-corrected chi connectivity index (χ4v) is 11.9. The van der Waals surface area contributed by atoms with Crippen molar-refractivity contribution >= 4 is 5.78 Å². The van der Waals surface area contributed by atoms with Crippen molar-refractivity contribution in [1.82, 2.24) is 4.90 Å². The third-order valence-corrected chi connectivity index (χ3v) is 18.8. The first-order valence-corrected chi connectivity index (χ1v) is 45.7. The Balaban J connectivity index is -0.000000105. The van der Waals surface area contributed by atoms with Crippen molar-refractivity contribution in [1.29, 1.82) is 0 Å². The Morgan fingerprint density at radius 1 is 0.463 bits per heavy atom. The van der Waals surface area contributed by atoms with Gasteiger partial charge in [0.05, 0.1) is 11.7 Å². The second-order valence-corrected chi connectivity index (χ2v) is 39.9. The van der Waals surface area contributed by atoms with Gasteiger partial charge in [-0.05, 0) is 295 Å². The minimum atomic E-state index is -0.478. The Kier molecular flexibility index (Phi) is 112. The van der Waals surface area contributed by atoms with E-state index in [0.717, 1.165) is 159 Å². The predicted molar refractivity (Wildman–Crippen MR) is 496 cm³/mol. The molecule has 0 aromatic rings. The molecule has 3 aliphatic carbocycles. The van der Waals surface area contributed by atoms with E-state index >= 15 is 0 Å². The van der Waals surface area contributed by atoms with Gasteiger partial charge in [-0.3, -0.25) is 0 Å². The summed E-state index contributed by atoms with van der Waals surface area (Å²) in [4.78, 5) is 12.6. The predicted octanol–water partition coefficient (Wildman–Crippen LogP) is 30.7. The fraction of sp³-hybridized carbons (Fsp3) is 0.950. The summed E-state index contributed by atoms with van der Waals surface area (Å²) in [6, 6.07) is 0. The van der Waals surface area contributed by atoms with Gasteiger partial charge < -0.3 is 39.6 Å². The Hall–Kier alpha value is -1.13. The quantitative estimate of drug-likeness (QED) is 0.0400. The van der Waals surface area contributed by atoms with Crippen molar-refractivity contribution in [2.75, 3.05) is 61.3 Å². The third-order valence-electron chi connectivity index (χ3n) is 18.8. The summed E-state index contributed by atoms with van der Waals surface area (Å²) >= 11 is 0. The molecule has 3 fully saturated rings. The molecule has 0 aromatic carbocycles. The lowest BCUT2D eigenvalue weighted by atomic mass is 9.78. The summed E-state index contributed by atoms with van der Waals surface area (Å²) in [5.74, 6) is 17.3. The van der Waals surface area contributed by atoms with Crippen LogP contribution in [0.5, 0.6) is 0 Å². The average molecular weight is 1550 g/mol. The number of Topliss-reactive ketones (excluding diaryl/α,β-unsaturated/α-hetero) is 1. The van der Waals surface area contributed by atoms with E-state index in [2.05, 4.69) is 261 Å². The average Bonchev–Trinajstić information content (AvgIpc) is 0.936. The first-order valence-electron chi connectivity index (χ1n) is 45.7. The monoisotopic (exact) mass is 1540 g/mol. The second-order valence-electron chi connectivity index (χ2n) is 39.9. The molecular formula is C100H217NO7. The number of methoxy groups -OCH3 is 2. The van der Waals surface area contributed by atoms with Gasteiger partial charge in [0, 0.05) is 47.1 Å². The van der Waals surface area contributed by atoms with Crippen molar-refractivity contribution in [3.63, 3.8) is 0 Å². The Bertz CT molecular complexity index is 1560. The van der Waals surface area contributed by atoms with Crippen LogP contribution in [0.25, 0.3) is 0 Å². The number of ether oxygens (including phenoxy) is 2.